The highest BCUT2D eigenvalue weighted by atomic mass is 16.5. The van der Waals surface area contributed by atoms with Gasteiger partial charge >= 0.3 is 0 Å². The van der Waals surface area contributed by atoms with Crippen LogP contribution in [0.15, 0.2) is 6.20 Å². The van der Waals surface area contributed by atoms with Crippen molar-refractivity contribution in [2.75, 3.05) is 6.61 Å². The van der Waals surface area contributed by atoms with Crippen molar-refractivity contribution in [1.29, 1.82) is 5.26 Å². The molecule has 1 saturated heterocycles. The lowest BCUT2D eigenvalue weighted by molar-refractivity contribution is -0.000784. The maximum absolute atomic E-state index is 8.79. The van der Waals surface area contributed by atoms with Crippen LogP contribution in [0.3, 0.4) is 0 Å². The maximum atomic E-state index is 8.79. The Balaban J connectivity index is 2.06. The van der Waals surface area contributed by atoms with Crippen LogP contribution in [-0.2, 0) is 4.74 Å². The van der Waals surface area contributed by atoms with E-state index in [9.17, 15) is 0 Å². The van der Waals surface area contributed by atoms with Gasteiger partial charge in [-0.1, -0.05) is 5.21 Å². The molecular weight excluding hydrogens is 218 g/mol. The first-order valence-corrected chi connectivity index (χ1v) is 5.91. The zero-order valence-corrected chi connectivity index (χ0v) is 9.91. The zero-order chi connectivity index (χ0) is 12.3. The topological polar surface area (TPSA) is 89.8 Å². The van der Waals surface area contributed by atoms with Crippen LogP contribution in [0.2, 0.25) is 0 Å². The molecule has 0 aliphatic carbocycles. The van der Waals surface area contributed by atoms with Gasteiger partial charge in [-0.2, -0.15) is 5.26 Å². The van der Waals surface area contributed by atoms with E-state index >= 15 is 0 Å². The Morgan fingerprint density at radius 3 is 3.12 bits per heavy atom. The third-order valence-corrected chi connectivity index (χ3v) is 3.07. The Hall–Kier alpha value is -1.45. The summed E-state index contributed by atoms with van der Waals surface area (Å²) in [6.07, 6.45) is 4.95. The molecule has 1 unspecified atom stereocenters. The van der Waals surface area contributed by atoms with Gasteiger partial charge in [0.1, 0.15) is 11.7 Å². The molecule has 6 heteroatoms. The SMILES string of the molecule is C[C@H](C#N)n1cc([C@@H](N)C2CCCCO2)nn1. The fourth-order valence-electron chi connectivity index (χ4n) is 1.93. The van der Waals surface area contributed by atoms with Crippen LogP contribution < -0.4 is 5.73 Å². The van der Waals surface area contributed by atoms with E-state index in [1.807, 2.05) is 0 Å². The lowest BCUT2D eigenvalue weighted by Gasteiger charge is -2.26. The van der Waals surface area contributed by atoms with Crippen LogP contribution in [0, 0.1) is 11.3 Å². The molecule has 0 radical (unpaired) electrons. The van der Waals surface area contributed by atoms with E-state index in [-0.39, 0.29) is 18.2 Å². The van der Waals surface area contributed by atoms with Crippen LogP contribution in [0.1, 0.15) is 44.0 Å². The second-order valence-corrected chi connectivity index (χ2v) is 4.36. The number of hydrogen-bond acceptors (Lipinski definition) is 5. The van der Waals surface area contributed by atoms with Gasteiger partial charge in [0.2, 0.25) is 0 Å². The largest absolute Gasteiger partial charge is 0.376 e. The quantitative estimate of drug-likeness (QED) is 0.841. The van der Waals surface area contributed by atoms with Gasteiger partial charge in [0.05, 0.1) is 24.4 Å². The van der Waals surface area contributed by atoms with E-state index in [1.165, 1.54) is 4.68 Å². The first-order chi connectivity index (χ1) is 8.22. The van der Waals surface area contributed by atoms with Gasteiger partial charge in [-0.05, 0) is 26.2 Å². The second kappa shape index (κ2) is 5.25. The molecule has 0 amide bonds. The Labute approximate surface area is 100 Å². The summed E-state index contributed by atoms with van der Waals surface area (Å²) in [6.45, 7) is 2.53. The first-order valence-electron chi connectivity index (χ1n) is 5.91. The molecule has 0 spiro atoms. The molecule has 0 aromatic carbocycles. The molecule has 3 atom stereocenters. The highest BCUT2D eigenvalue weighted by Crippen LogP contribution is 2.23. The third-order valence-electron chi connectivity index (χ3n) is 3.07. The van der Waals surface area contributed by atoms with Crippen LogP contribution in [0.25, 0.3) is 0 Å². The molecule has 0 saturated carbocycles. The maximum Gasteiger partial charge on any atom is 0.137 e. The van der Waals surface area contributed by atoms with Gasteiger partial charge in [-0.25, -0.2) is 4.68 Å². The molecule has 2 heterocycles. The van der Waals surface area contributed by atoms with Crippen molar-refractivity contribution in [2.24, 2.45) is 5.73 Å². The molecule has 1 aliphatic rings. The number of nitrogens with two attached hydrogens (primary N) is 1. The summed E-state index contributed by atoms with van der Waals surface area (Å²) in [6, 6.07) is 1.52. The second-order valence-electron chi connectivity index (χ2n) is 4.36. The van der Waals surface area contributed by atoms with Crippen LogP contribution in [0.5, 0.6) is 0 Å². The van der Waals surface area contributed by atoms with E-state index < -0.39 is 0 Å². The predicted octanol–water partition coefficient (Wildman–Crippen LogP) is 0.932. The smallest absolute Gasteiger partial charge is 0.137 e. The van der Waals surface area contributed by atoms with Crippen LogP contribution in [0.4, 0.5) is 0 Å². The summed E-state index contributed by atoms with van der Waals surface area (Å²) in [5.41, 5.74) is 6.79. The van der Waals surface area contributed by atoms with Crippen molar-refractivity contribution >= 4 is 0 Å². The van der Waals surface area contributed by atoms with Gasteiger partial charge in [-0.3, -0.25) is 0 Å². The van der Waals surface area contributed by atoms with E-state index in [4.69, 9.17) is 15.7 Å². The van der Waals surface area contributed by atoms with E-state index in [0.29, 0.717) is 5.69 Å². The number of rotatable bonds is 3. The predicted molar refractivity (Wildman–Crippen MR) is 60.9 cm³/mol. The average Bonchev–Trinajstić information content (AvgIpc) is 2.87. The number of ether oxygens (including phenoxy) is 1. The Kier molecular flexibility index (Phi) is 3.71. The summed E-state index contributed by atoms with van der Waals surface area (Å²) in [7, 11) is 0. The summed E-state index contributed by atoms with van der Waals surface area (Å²) < 4.78 is 7.15. The highest BCUT2D eigenvalue weighted by molar-refractivity contribution is 5.04. The molecule has 1 aromatic heterocycles. The minimum atomic E-state index is -0.323. The molecule has 2 rings (SSSR count). The number of hydrogen-bond donors (Lipinski definition) is 1. The van der Waals surface area contributed by atoms with Crippen molar-refractivity contribution in [2.45, 2.75) is 44.4 Å². The van der Waals surface area contributed by atoms with Crippen molar-refractivity contribution in [3.8, 4) is 6.07 Å². The fourth-order valence-corrected chi connectivity index (χ4v) is 1.93. The highest BCUT2D eigenvalue weighted by Gasteiger charge is 2.25. The van der Waals surface area contributed by atoms with Gasteiger partial charge in [0.15, 0.2) is 0 Å². The minimum Gasteiger partial charge on any atom is -0.376 e. The zero-order valence-electron chi connectivity index (χ0n) is 9.91. The van der Waals surface area contributed by atoms with Crippen LogP contribution in [-0.4, -0.2) is 27.7 Å². The summed E-state index contributed by atoms with van der Waals surface area (Å²) in [5, 5.41) is 16.7. The molecule has 92 valence electrons. The number of nitriles is 1. The van der Waals surface area contributed by atoms with E-state index in [2.05, 4.69) is 16.4 Å². The normalized spacial score (nSPS) is 23.9. The lowest BCUT2D eigenvalue weighted by atomic mass is 10.0. The molecule has 2 N–H and O–H groups in total. The molecular formula is C11H17N5O. The van der Waals surface area contributed by atoms with Gasteiger partial charge < -0.3 is 10.5 Å². The van der Waals surface area contributed by atoms with E-state index in [1.54, 1.807) is 13.1 Å². The van der Waals surface area contributed by atoms with Crippen molar-refractivity contribution in [1.82, 2.24) is 15.0 Å². The number of nitrogens with zero attached hydrogens (tertiary/aromatic N) is 4. The summed E-state index contributed by atoms with van der Waals surface area (Å²) >= 11 is 0. The standard InChI is InChI=1S/C11H17N5O/c1-8(6-12)16-7-9(14-15-16)11(13)10-4-2-3-5-17-10/h7-8,10-11H,2-5,13H2,1H3/t8-,10?,11-/m1/s1. The monoisotopic (exact) mass is 235 g/mol. The van der Waals surface area contributed by atoms with Crippen molar-refractivity contribution in [3.05, 3.63) is 11.9 Å². The third kappa shape index (κ3) is 2.62. The molecule has 0 bridgehead atoms. The molecule has 1 aliphatic heterocycles. The van der Waals surface area contributed by atoms with E-state index in [0.717, 1.165) is 25.9 Å². The minimum absolute atomic E-state index is 0.0197. The Morgan fingerprint density at radius 1 is 1.65 bits per heavy atom. The molecule has 1 aromatic rings. The Bertz CT molecular complexity index is 404. The van der Waals surface area contributed by atoms with Crippen molar-refractivity contribution in [3.63, 3.8) is 0 Å². The number of aromatic nitrogens is 3. The van der Waals surface area contributed by atoms with Crippen LogP contribution >= 0.6 is 0 Å². The first kappa shape index (κ1) is 12.0. The molecule has 1 fully saturated rings. The summed E-state index contributed by atoms with van der Waals surface area (Å²) in [5.74, 6) is 0. The van der Waals surface area contributed by atoms with Gasteiger partial charge in [0.25, 0.3) is 0 Å². The Morgan fingerprint density at radius 2 is 2.47 bits per heavy atom. The van der Waals surface area contributed by atoms with Crippen molar-refractivity contribution < 1.29 is 4.74 Å². The summed E-state index contributed by atoms with van der Waals surface area (Å²) in [4.78, 5) is 0. The molecule has 6 nitrogen and oxygen atoms in total. The fraction of sp³-hybridized carbons (Fsp3) is 0.727. The van der Waals surface area contributed by atoms with Gasteiger partial charge in [-0.15, -0.1) is 5.10 Å². The lowest BCUT2D eigenvalue weighted by Crippen LogP contribution is -2.32. The average molecular weight is 235 g/mol. The molecule has 17 heavy (non-hydrogen) atoms. The van der Waals surface area contributed by atoms with Gasteiger partial charge in [0, 0.05) is 6.61 Å².